The zero-order valence-corrected chi connectivity index (χ0v) is 20.8. The highest BCUT2D eigenvalue weighted by molar-refractivity contribution is 5.89. The van der Waals surface area contributed by atoms with Crippen LogP contribution in [-0.4, -0.2) is 44.6 Å². The molecule has 37 heavy (non-hydrogen) atoms. The van der Waals surface area contributed by atoms with Crippen molar-refractivity contribution in [3.05, 3.63) is 105 Å². The number of aromatic nitrogens is 3. The predicted octanol–water partition coefficient (Wildman–Crippen LogP) is 4.85. The van der Waals surface area contributed by atoms with Crippen LogP contribution in [0.4, 0.5) is 20.3 Å². The molecule has 0 N–H and O–H groups in total. The number of rotatable bonds is 4. The first-order valence-electron chi connectivity index (χ1n) is 12.0. The average Bonchev–Trinajstić information content (AvgIpc) is 2.89. The zero-order chi connectivity index (χ0) is 26.3. The molecule has 0 amide bonds. The third-order valence-electron chi connectivity index (χ3n) is 7.05. The Labute approximate surface area is 213 Å². The third kappa shape index (κ3) is 4.56. The van der Waals surface area contributed by atoms with Crippen molar-refractivity contribution in [2.45, 2.75) is 32.0 Å². The zero-order valence-electron chi connectivity index (χ0n) is 20.8. The van der Waals surface area contributed by atoms with Crippen LogP contribution < -0.4 is 10.5 Å². The Balaban J connectivity index is 1.56. The van der Waals surface area contributed by atoms with Gasteiger partial charge in [0.25, 0.3) is 11.4 Å². The van der Waals surface area contributed by atoms with Crippen LogP contribution in [0.3, 0.4) is 0 Å². The number of hydrogen-bond donors (Lipinski definition) is 0. The average molecular weight is 501 g/mol. The van der Waals surface area contributed by atoms with E-state index in [2.05, 4.69) is 38.5 Å². The first kappa shape index (κ1) is 24.5. The van der Waals surface area contributed by atoms with Crippen molar-refractivity contribution in [3.8, 4) is 0 Å². The van der Waals surface area contributed by atoms with Crippen LogP contribution in [0, 0.1) is 18.2 Å². The van der Waals surface area contributed by atoms with Crippen molar-refractivity contribution in [2.24, 2.45) is 7.05 Å². The van der Waals surface area contributed by atoms with E-state index in [1.54, 1.807) is 37.4 Å². The van der Waals surface area contributed by atoms with E-state index in [0.717, 1.165) is 5.56 Å². The molecule has 7 nitrogen and oxygen atoms in total. The highest BCUT2D eigenvalue weighted by atomic mass is 19.1. The van der Waals surface area contributed by atoms with Gasteiger partial charge in [-0.15, -0.1) is 4.98 Å². The number of anilines is 1. The summed E-state index contributed by atoms with van der Waals surface area (Å²) in [5, 5.41) is 0. The van der Waals surface area contributed by atoms with Crippen molar-refractivity contribution < 1.29 is 8.78 Å². The number of fused-ring (bicyclic) bond motifs is 1. The summed E-state index contributed by atoms with van der Waals surface area (Å²) in [7, 11) is 1.69. The Bertz CT molecular complexity index is 1560. The normalized spacial score (nSPS) is 19.1. The van der Waals surface area contributed by atoms with Gasteiger partial charge in [0.05, 0.1) is 22.9 Å². The molecule has 1 saturated heterocycles. The molecule has 4 heterocycles. The highest BCUT2D eigenvalue weighted by Crippen LogP contribution is 2.35. The standard InChI is InChI=1S/C28H26F2N6O/c1-17-16-36(28(19-5-7-20(29)8-6-19)22-13-21(30)11-12-32-22)18(2)15-35(17)24-14-26(37)34(4)23-9-10-25(31-3)33-27(23)24/h5-14,17-18,28H,15-16H2,1-2,4H3/t17-,18+,28?/m0/s1. The molecular formula is C28H26F2N6O. The number of benzene rings is 1. The molecule has 3 aromatic heterocycles. The van der Waals surface area contributed by atoms with E-state index in [4.69, 9.17) is 6.57 Å². The molecule has 3 atom stereocenters. The molecule has 188 valence electrons. The largest absolute Gasteiger partial charge is 0.362 e. The van der Waals surface area contributed by atoms with Gasteiger partial charge in [0.2, 0.25) is 5.52 Å². The molecule has 1 fully saturated rings. The van der Waals surface area contributed by atoms with Gasteiger partial charge in [-0.2, -0.15) is 0 Å². The topological polar surface area (TPSA) is 58.6 Å². The van der Waals surface area contributed by atoms with Crippen molar-refractivity contribution in [2.75, 3.05) is 18.0 Å². The SMILES string of the molecule is [C-]#[N+]c1ccc2c(n1)c(N1C[C@@H](C)N(C(c3ccc(F)cc3)c3cc(F)ccn3)C[C@@H]1C)cc(=O)n2C. The number of hydrogen-bond acceptors (Lipinski definition) is 5. The molecule has 1 aromatic carbocycles. The van der Waals surface area contributed by atoms with Gasteiger partial charge in [-0.3, -0.25) is 14.7 Å². The van der Waals surface area contributed by atoms with Gasteiger partial charge in [0.1, 0.15) is 11.6 Å². The molecule has 0 radical (unpaired) electrons. The molecule has 0 spiro atoms. The first-order valence-corrected chi connectivity index (χ1v) is 12.0. The number of piperazine rings is 1. The van der Waals surface area contributed by atoms with E-state index in [0.29, 0.717) is 35.5 Å². The maximum atomic E-state index is 14.2. The van der Waals surface area contributed by atoms with Crippen molar-refractivity contribution >= 4 is 22.5 Å². The summed E-state index contributed by atoms with van der Waals surface area (Å²) in [6, 6.07) is 13.4. The molecule has 0 aliphatic carbocycles. The van der Waals surface area contributed by atoms with Gasteiger partial charge in [-0.05, 0) is 55.8 Å². The molecule has 0 bridgehead atoms. The summed E-state index contributed by atoms with van der Waals surface area (Å²) in [5.74, 6) is -0.463. The maximum Gasteiger partial charge on any atom is 0.270 e. The molecule has 9 heteroatoms. The van der Waals surface area contributed by atoms with Crippen LogP contribution in [0.5, 0.6) is 0 Å². The fourth-order valence-electron chi connectivity index (χ4n) is 5.18. The third-order valence-corrected chi connectivity index (χ3v) is 7.05. The van der Waals surface area contributed by atoms with Gasteiger partial charge < -0.3 is 14.3 Å². The minimum absolute atomic E-state index is 0.0422. The highest BCUT2D eigenvalue weighted by Gasteiger charge is 2.37. The Morgan fingerprint density at radius 1 is 1.00 bits per heavy atom. The number of halogens is 2. The fourth-order valence-corrected chi connectivity index (χ4v) is 5.18. The van der Waals surface area contributed by atoms with Crippen LogP contribution in [0.1, 0.15) is 31.1 Å². The molecular weight excluding hydrogens is 474 g/mol. The number of aryl methyl sites for hydroxylation is 1. The van der Waals surface area contributed by atoms with Crippen molar-refractivity contribution in [3.63, 3.8) is 0 Å². The van der Waals surface area contributed by atoms with E-state index >= 15 is 0 Å². The lowest BCUT2D eigenvalue weighted by atomic mass is 9.96. The van der Waals surface area contributed by atoms with Gasteiger partial charge in [-0.25, -0.2) is 8.78 Å². The summed E-state index contributed by atoms with van der Waals surface area (Å²) < 4.78 is 29.5. The number of pyridine rings is 3. The lowest BCUT2D eigenvalue weighted by Crippen LogP contribution is -2.57. The van der Waals surface area contributed by atoms with Crippen LogP contribution >= 0.6 is 0 Å². The predicted molar refractivity (Wildman–Crippen MR) is 139 cm³/mol. The first-order chi connectivity index (χ1) is 17.8. The molecule has 4 aromatic rings. The minimum Gasteiger partial charge on any atom is -0.362 e. The van der Waals surface area contributed by atoms with E-state index in [9.17, 15) is 13.6 Å². The summed E-state index contributed by atoms with van der Waals surface area (Å²) in [5.41, 5.74) is 3.14. The number of nitrogens with zero attached hydrogens (tertiary/aromatic N) is 6. The molecule has 5 rings (SSSR count). The smallest absolute Gasteiger partial charge is 0.270 e. The molecule has 0 saturated carbocycles. The summed E-state index contributed by atoms with van der Waals surface area (Å²) in [6.07, 6.45) is 1.44. The van der Waals surface area contributed by atoms with Crippen LogP contribution in [0.25, 0.3) is 15.9 Å². The van der Waals surface area contributed by atoms with Gasteiger partial charge in [0.15, 0.2) is 0 Å². The van der Waals surface area contributed by atoms with E-state index in [1.165, 1.54) is 35.0 Å². The van der Waals surface area contributed by atoms with Gasteiger partial charge >= 0.3 is 0 Å². The quantitative estimate of drug-likeness (QED) is 0.375. The maximum absolute atomic E-state index is 14.2. The summed E-state index contributed by atoms with van der Waals surface area (Å²) in [6.45, 7) is 12.6. The molecule has 1 unspecified atom stereocenters. The van der Waals surface area contributed by atoms with E-state index in [-0.39, 0.29) is 41.1 Å². The molecule has 1 aliphatic rings. The second kappa shape index (κ2) is 9.71. The Morgan fingerprint density at radius 3 is 2.46 bits per heavy atom. The van der Waals surface area contributed by atoms with E-state index in [1.807, 2.05) is 0 Å². The van der Waals surface area contributed by atoms with Crippen molar-refractivity contribution in [1.29, 1.82) is 0 Å². The second-order valence-electron chi connectivity index (χ2n) is 9.48. The van der Waals surface area contributed by atoms with Crippen LogP contribution in [-0.2, 0) is 7.05 Å². The van der Waals surface area contributed by atoms with Crippen LogP contribution in [0.15, 0.2) is 65.6 Å². The Hall–Kier alpha value is -4.16. The minimum atomic E-state index is -0.386. The fraction of sp³-hybridized carbons (Fsp3) is 0.286. The van der Waals surface area contributed by atoms with Gasteiger partial charge in [0, 0.05) is 44.5 Å². The lowest BCUT2D eigenvalue weighted by molar-refractivity contribution is 0.127. The van der Waals surface area contributed by atoms with Crippen LogP contribution in [0.2, 0.25) is 0 Å². The van der Waals surface area contributed by atoms with Gasteiger partial charge in [-0.1, -0.05) is 18.7 Å². The Kier molecular flexibility index (Phi) is 6.44. The Morgan fingerprint density at radius 2 is 1.76 bits per heavy atom. The van der Waals surface area contributed by atoms with Crippen molar-refractivity contribution in [1.82, 2.24) is 19.4 Å². The van der Waals surface area contributed by atoms with E-state index < -0.39 is 0 Å². The second-order valence-corrected chi connectivity index (χ2v) is 9.48. The summed E-state index contributed by atoms with van der Waals surface area (Å²) in [4.78, 5) is 29.7. The monoisotopic (exact) mass is 500 g/mol. The molecule has 1 aliphatic heterocycles. The summed E-state index contributed by atoms with van der Waals surface area (Å²) >= 11 is 0. The lowest BCUT2D eigenvalue weighted by Gasteiger charge is -2.48.